The largest absolute Gasteiger partial charge is 0.307 e. The van der Waals surface area contributed by atoms with E-state index >= 15 is 0 Å². The van der Waals surface area contributed by atoms with Gasteiger partial charge in [0.25, 0.3) is 0 Å². The van der Waals surface area contributed by atoms with E-state index in [0.717, 1.165) is 0 Å². The maximum atomic E-state index is 11.6. The predicted molar refractivity (Wildman–Crippen MR) is 43.5 cm³/mol. The summed E-state index contributed by atoms with van der Waals surface area (Å²) in [4.78, 5) is 0. The summed E-state index contributed by atoms with van der Waals surface area (Å²) in [6, 6.07) is 0. The maximum absolute atomic E-state index is 11.6. The van der Waals surface area contributed by atoms with E-state index in [1.807, 2.05) is 33.5 Å². The average molecular weight is 159 g/mol. The van der Waals surface area contributed by atoms with E-state index in [4.69, 9.17) is 5.26 Å². The molecule has 2 nitrogen and oxygen atoms in total. The van der Waals surface area contributed by atoms with Crippen LogP contribution in [0.4, 0.5) is 0 Å². The van der Waals surface area contributed by atoms with Gasteiger partial charge in [-0.25, -0.2) is 0 Å². The summed E-state index contributed by atoms with van der Waals surface area (Å²) in [5, 5.41) is 8.61. The molecule has 0 spiro atoms. The van der Waals surface area contributed by atoms with E-state index < -0.39 is 7.14 Å². The monoisotopic (exact) mass is 159 g/mol. The molecule has 0 heterocycles. The summed E-state index contributed by atoms with van der Waals surface area (Å²) in [5.74, 6) is 1.93. The van der Waals surface area contributed by atoms with Crippen molar-refractivity contribution in [1.29, 1.82) is 5.26 Å². The summed E-state index contributed by atoms with van der Waals surface area (Å²) >= 11 is 0. The Morgan fingerprint density at radius 2 is 1.50 bits per heavy atom. The number of hydrogen-bond donors (Lipinski definition) is 0. The van der Waals surface area contributed by atoms with Crippen LogP contribution in [0.5, 0.6) is 0 Å². The van der Waals surface area contributed by atoms with Gasteiger partial charge >= 0.3 is 0 Å². The molecule has 0 atom stereocenters. The molecular weight excluding hydrogens is 145 g/mol. The Hall–Kier alpha value is -0.280. The quantitative estimate of drug-likeness (QED) is 0.581. The van der Waals surface area contributed by atoms with Crippen molar-refractivity contribution in [3.63, 3.8) is 0 Å². The van der Waals surface area contributed by atoms with E-state index in [1.165, 1.54) is 0 Å². The van der Waals surface area contributed by atoms with Crippen LogP contribution in [0.1, 0.15) is 27.7 Å². The van der Waals surface area contributed by atoms with Crippen molar-refractivity contribution in [3.05, 3.63) is 0 Å². The lowest BCUT2D eigenvalue weighted by molar-refractivity contribution is 0.569. The summed E-state index contributed by atoms with van der Waals surface area (Å²) in [6.07, 6.45) is 0. The first kappa shape index (κ1) is 9.72. The molecular formula is C7H14NOP. The fourth-order valence-electron chi connectivity index (χ4n) is 0.827. The second-order valence-electron chi connectivity index (χ2n) is 3.00. The van der Waals surface area contributed by atoms with Gasteiger partial charge in [0, 0.05) is 11.3 Å². The highest BCUT2D eigenvalue weighted by atomic mass is 31.2. The minimum absolute atomic E-state index is 0.00231. The van der Waals surface area contributed by atoms with Crippen LogP contribution in [-0.4, -0.2) is 11.3 Å². The number of hydrogen-bond acceptors (Lipinski definition) is 2. The van der Waals surface area contributed by atoms with Crippen molar-refractivity contribution >= 4 is 7.14 Å². The third kappa shape index (κ3) is 1.61. The fraction of sp³-hybridized carbons (Fsp3) is 0.857. The molecule has 0 fully saturated rings. The molecule has 0 amide bonds. The SMILES string of the molecule is CC(C)P(=O)(C#N)C(C)C. The molecule has 0 aromatic carbocycles. The van der Waals surface area contributed by atoms with Crippen LogP contribution in [-0.2, 0) is 4.57 Å². The average Bonchev–Trinajstić information content (AvgIpc) is 1.85. The Labute approximate surface area is 62.6 Å². The molecule has 0 saturated heterocycles. The molecule has 0 unspecified atom stereocenters. The fourth-order valence-corrected chi connectivity index (χ4v) is 2.48. The topological polar surface area (TPSA) is 40.9 Å². The second-order valence-corrected chi connectivity index (χ2v) is 6.68. The predicted octanol–water partition coefficient (Wildman–Crippen LogP) is 2.65. The van der Waals surface area contributed by atoms with Crippen molar-refractivity contribution in [2.75, 3.05) is 0 Å². The highest BCUT2D eigenvalue weighted by Gasteiger charge is 2.29. The van der Waals surface area contributed by atoms with Crippen LogP contribution >= 0.6 is 7.14 Å². The number of nitriles is 1. The molecule has 0 aliphatic carbocycles. The van der Waals surface area contributed by atoms with Gasteiger partial charge in [-0.1, -0.05) is 27.7 Å². The molecule has 0 aromatic heterocycles. The van der Waals surface area contributed by atoms with Crippen LogP contribution in [0.3, 0.4) is 0 Å². The van der Waals surface area contributed by atoms with Gasteiger partial charge in [-0.05, 0) is 0 Å². The molecule has 0 aliphatic rings. The highest BCUT2D eigenvalue weighted by Crippen LogP contribution is 2.53. The number of rotatable bonds is 2. The minimum atomic E-state index is -2.54. The summed E-state index contributed by atoms with van der Waals surface area (Å²) in [5.41, 5.74) is -0.00463. The van der Waals surface area contributed by atoms with Crippen molar-refractivity contribution in [1.82, 2.24) is 0 Å². The first-order valence-corrected chi connectivity index (χ1v) is 5.30. The number of nitrogens with zero attached hydrogens (tertiary/aromatic N) is 1. The summed E-state index contributed by atoms with van der Waals surface area (Å²) < 4.78 is 11.6. The zero-order valence-corrected chi connectivity index (χ0v) is 7.85. The minimum Gasteiger partial charge on any atom is -0.307 e. The lowest BCUT2D eigenvalue weighted by Gasteiger charge is -2.17. The molecule has 10 heavy (non-hydrogen) atoms. The first-order valence-electron chi connectivity index (χ1n) is 3.46. The molecule has 0 aliphatic heterocycles. The van der Waals surface area contributed by atoms with Crippen molar-refractivity contribution in [2.24, 2.45) is 0 Å². The molecule has 0 aromatic rings. The van der Waals surface area contributed by atoms with E-state index in [2.05, 4.69) is 0 Å². The van der Waals surface area contributed by atoms with Gasteiger partial charge in [0.15, 0.2) is 7.14 Å². The zero-order chi connectivity index (χ0) is 8.36. The zero-order valence-electron chi connectivity index (χ0n) is 6.96. The third-order valence-corrected chi connectivity index (χ3v) is 5.07. The van der Waals surface area contributed by atoms with Gasteiger partial charge in [0.2, 0.25) is 0 Å². The van der Waals surface area contributed by atoms with Crippen molar-refractivity contribution < 1.29 is 4.57 Å². The second kappa shape index (κ2) is 3.21. The Kier molecular flexibility index (Phi) is 3.12. The van der Waals surface area contributed by atoms with Gasteiger partial charge < -0.3 is 4.57 Å². The van der Waals surface area contributed by atoms with Crippen LogP contribution in [0, 0.1) is 11.1 Å². The lowest BCUT2D eigenvalue weighted by atomic mass is 10.5. The smallest absolute Gasteiger partial charge is 0.186 e. The van der Waals surface area contributed by atoms with Crippen LogP contribution in [0.15, 0.2) is 0 Å². The van der Waals surface area contributed by atoms with E-state index in [-0.39, 0.29) is 11.3 Å². The van der Waals surface area contributed by atoms with E-state index in [1.54, 1.807) is 0 Å². The lowest BCUT2D eigenvalue weighted by Crippen LogP contribution is -2.05. The summed E-state index contributed by atoms with van der Waals surface area (Å²) in [6.45, 7) is 7.35. The van der Waals surface area contributed by atoms with Crippen molar-refractivity contribution in [3.8, 4) is 5.81 Å². The maximum Gasteiger partial charge on any atom is 0.186 e. The molecule has 0 saturated carbocycles. The van der Waals surface area contributed by atoms with Crippen LogP contribution < -0.4 is 0 Å². The van der Waals surface area contributed by atoms with Crippen LogP contribution in [0.25, 0.3) is 0 Å². The van der Waals surface area contributed by atoms with Crippen LogP contribution in [0.2, 0.25) is 0 Å². The Morgan fingerprint density at radius 1 is 1.20 bits per heavy atom. The first-order chi connectivity index (χ1) is 4.45. The standard InChI is InChI=1S/C7H14NOP/c1-6(2)10(9,5-8)7(3)4/h6-7H,1-4H3. The van der Waals surface area contributed by atoms with E-state index in [0.29, 0.717) is 0 Å². The highest BCUT2D eigenvalue weighted by molar-refractivity contribution is 7.70. The Morgan fingerprint density at radius 3 is 1.50 bits per heavy atom. The van der Waals surface area contributed by atoms with Gasteiger partial charge in [-0.2, -0.15) is 5.26 Å². The molecule has 0 rings (SSSR count). The molecule has 58 valence electrons. The normalized spacial score (nSPS) is 12.1. The van der Waals surface area contributed by atoms with E-state index in [9.17, 15) is 4.57 Å². The van der Waals surface area contributed by atoms with Crippen molar-refractivity contribution in [2.45, 2.75) is 39.0 Å². The molecule has 0 radical (unpaired) electrons. The van der Waals surface area contributed by atoms with Gasteiger partial charge in [0.1, 0.15) is 5.81 Å². The summed E-state index contributed by atoms with van der Waals surface area (Å²) in [7, 11) is -2.54. The molecule has 0 bridgehead atoms. The molecule has 3 heteroatoms. The molecule has 0 N–H and O–H groups in total. The van der Waals surface area contributed by atoms with Gasteiger partial charge in [-0.3, -0.25) is 0 Å². The Bertz CT molecular complexity index is 178. The van der Waals surface area contributed by atoms with Gasteiger partial charge in [-0.15, -0.1) is 0 Å². The third-order valence-electron chi connectivity index (χ3n) is 1.69. The Balaban J connectivity index is 4.62. The van der Waals surface area contributed by atoms with Gasteiger partial charge in [0.05, 0.1) is 0 Å².